The third kappa shape index (κ3) is 2.13. The predicted molar refractivity (Wildman–Crippen MR) is 72.1 cm³/mol. The van der Waals surface area contributed by atoms with E-state index in [0.717, 1.165) is 30.3 Å². The number of nitrogens with one attached hydrogen (secondary N) is 1. The summed E-state index contributed by atoms with van der Waals surface area (Å²) in [6.07, 6.45) is 5.31. The Labute approximate surface area is 104 Å². The van der Waals surface area contributed by atoms with Gasteiger partial charge in [-0.15, -0.1) is 0 Å². The molecule has 1 saturated carbocycles. The first kappa shape index (κ1) is 12.3. The minimum absolute atomic E-state index is 0.503. The molecule has 1 aliphatic rings. The van der Waals surface area contributed by atoms with Gasteiger partial charge in [-0.05, 0) is 38.5 Å². The fraction of sp³-hybridized carbons (Fsp3) is 0.769. The molecule has 0 bridgehead atoms. The highest BCUT2D eigenvalue weighted by molar-refractivity contribution is 5.64. The van der Waals surface area contributed by atoms with Crippen molar-refractivity contribution >= 4 is 11.5 Å². The van der Waals surface area contributed by atoms with E-state index < -0.39 is 0 Å². The third-order valence-electron chi connectivity index (χ3n) is 4.27. The van der Waals surface area contributed by atoms with Crippen LogP contribution in [0.3, 0.4) is 0 Å². The normalized spacial score (nSPS) is 17.8. The lowest BCUT2D eigenvalue weighted by Crippen LogP contribution is -2.36. The molecule has 3 N–H and O–H groups in total. The van der Waals surface area contributed by atoms with Gasteiger partial charge in [-0.25, -0.2) is 4.68 Å². The summed E-state index contributed by atoms with van der Waals surface area (Å²) in [5.41, 5.74) is 8.29. The molecular formula is C13H24N4. The average molecular weight is 236 g/mol. The van der Waals surface area contributed by atoms with E-state index >= 15 is 0 Å². The predicted octanol–water partition coefficient (Wildman–Crippen LogP) is 2.79. The van der Waals surface area contributed by atoms with Crippen LogP contribution in [0.4, 0.5) is 11.5 Å². The minimum atomic E-state index is 0.503. The Morgan fingerprint density at radius 3 is 2.59 bits per heavy atom. The summed E-state index contributed by atoms with van der Waals surface area (Å²) in [6.45, 7) is 8.23. The number of nitrogens with two attached hydrogens (primary N) is 1. The van der Waals surface area contributed by atoms with Gasteiger partial charge in [0.1, 0.15) is 5.82 Å². The summed E-state index contributed by atoms with van der Waals surface area (Å²) in [4.78, 5) is 0. The highest BCUT2D eigenvalue weighted by Gasteiger charge is 2.35. The zero-order valence-corrected chi connectivity index (χ0v) is 11.2. The molecule has 1 fully saturated rings. The molecule has 0 saturated heterocycles. The molecule has 4 nitrogen and oxygen atoms in total. The molecule has 0 aliphatic heterocycles. The molecule has 96 valence electrons. The average Bonchev–Trinajstić information content (AvgIpc) is 2.55. The molecule has 0 spiro atoms. The van der Waals surface area contributed by atoms with Gasteiger partial charge in [0.15, 0.2) is 0 Å². The zero-order chi connectivity index (χ0) is 12.5. The van der Waals surface area contributed by atoms with Crippen molar-refractivity contribution in [3.8, 4) is 0 Å². The zero-order valence-electron chi connectivity index (χ0n) is 11.2. The van der Waals surface area contributed by atoms with Crippen molar-refractivity contribution in [3.05, 3.63) is 5.69 Å². The van der Waals surface area contributed by atoms with Crippen LogP contribution in [0.25, 0.3) is 0 Å². The molecular weight excluding hydrogens is 212 g/mol. The number of nitrogens with zero attached hydrogens (tertiary/aromatic N) is 2. The Balaban J connectivity index is 2.08. The van der Waals surface area contributed by atoms with Gasteiger partial charge in [-0.1, -0.05) is 13.3 Å². The second-order valence-electron chi connectivity index (χ2n) is 5.22. The first-order valence-electron chi connectivity index (χ1n) is 6.68. The maximum atomic E-state index is 6.06. The van der Waals surface area contributed by atoms with Gasteiger partial charge in [0, 0.05) is 13.1 Å². The van der Waals surface area contributed by atoms with E-state index in [2.05, 4.69) is 24.3 Å². The number of hydrogen-bond donors (Lipinski definition) is 2. The standard InChI is InChI=1S/C13H24N4/c1-4-13(7-6-8-13)9-15-12-11(14)10(3)16-17(12)5-2/h15H,4-9,14H2,1-3H3. The lowest BCUT2D eigenvalue weighted by atomic mass is 9.67. The van der Waals surface area contributed by atoms with Gasteiger partial charge < -0.3 is 11.1 Å². The quantitative estimate of drug-likeness (QED) is 0.826. The highest BCUT2D eigenvalue weighted by atomic mass is 15.3. The lowest BCUT2D eigenvalue weighted by molar-refractivity contribution is 0.144. The number of rotatable bonds is 5. The Morgan fingerprint density at radius 2 is 2.12 bits per heavy atom. The monoisotopic (exact) mass is 236 g/mol. The molecule has 0 aromatic carbocycles. The fourth-order valence-electron chi connectivity index (χ4n) is 2.61. The van der Waals surface area contributed by atoms with Gasteiger partial charge in [0.2, 0.25) is 0 Å². The molecule has 0 unspecified atom stereocenters. The maximum Gasteiger partial charge on any atom is 0.148 e. The molecule has 2 rings (SSSR count). The van der Waals surface area contributed by atoms with Crippen LogP contribution in [0.2, 0.25) is 0 Å². The van der Waals surface area contributed by atoms with E-state index in [1.165, 1.54) is 25.7 Å². The van der Waals surface area contributed by atoms with E-state index in [4.69, 9.17) is 5.73 Å². The van der Waals surface area contributed by atoms with E-state index in [1.807, 2.05) is 11.6 Å². The van der Waals surface area contributed by atoms with Gasteiger partial charge >= 0.3 is 0 Å². The van der Waals surface area contributed by atoms with Crippen LogP contribution < -0.4 is 11.1 Å². The van der Waals surface area contributed by atoms with Gasteiger partial charge in [-0.2, -0.15) is 5.10 Å². The molecule has 1 heterocycles. The Kier molecular flexibility index (Phi) is 3.31. The van der Waals surface area contributed by atoms with E-state index in [-0.39, 0.29) is 0 Å². The molecule has 1 aliphatic carbocycles. The van der Waals surface area contributed by atoms with Crippen LogP contribution in [0, 0.1) is 12.3 Å². The molecule has 1 aromatic rings. The van der Waals surface area contributed by atoms with Crippen LogP contribution in [-0.4, -0.2) is 16.3 Å². The molecule has 0 radical (unpaired) electrons. The number of aromatic nitrogens is 2. The van der Waals surface area contributed by atoms with Crippen LogP contribution in [0.5, 0.6) is 0 Å². The van der Waals surface area contributed by atoms with Crippen molar-refractivity contribution < 1.29 is 0 Å². The Hall–Kier alpha value is -1.19. The Bertz CT molecular complexity index is 385. The Morgan fingerprint density at radius 1 is 1.41 bits per heavy atom. The highest BCUT2D eigenvalue weighted by Crippen LogP contribution is 2.44. The summed E-state index contributed by atoms with van der Waals surface area (Å²) < 4.78 is 1.96. The second-order valence-corrected chi connectivity index (χ2v) is 5.22. The molecule has 0 atom stereocenters. The van der Waals surface area contributed by atoms with Crippen LogP contribution in [0.15, 0.2) is 0 Å². The van der Waals surface area contributed by atoms with E-state index in [1.54, 1.807) is 0 Å². The number of hydrogen-bond acceptors (Lipinski definition) is 3. The first-order valence-corrected chi connectivity index (χ1v) is 6.68. The smallest absolute Gasteiger partial charge is 0.148 e. The molecule has 17 heavy (non-hydrogen) atoms. The summed E-state index contributed by atoms with van der Waals surface area (Å²) in [6, 6.07) is 0. The van der Waals surface area contributed by atoms with Crippen LogP contribution in [-0.2, 0) is 6.54 Å². The topological polar surface area (TPSA) is 55.9 Å². The van der Waals surface area contributed by atoms with E-state index in [0.29, 0.717) is 5.41 Å². The van der Waals surface area contributed by atoms with Crippen LogP contribution >= 0.6 is 0 Å². The second kappa shape index (κ2) is 4.59. The number of nitrogen functional groups attached to an aromatic ring is 1. The van der Waals surface area contributed by atoms with Crippen molar-refractivity contribution in [2.24, 2.45) is 5.41 Å². The van der Waals surface area contributed by atoms with Gasteiger partial charge in [0.05, 0.1) is 11.4 Å². The fourth-order valence-corrected chi connectivity index (χ4v) is 2.61. The van der Waals surface area contributed by atoms with Crippen molar-refractivity contribution in [2.45, 2.75) is 53.0 Å². The largest absolute Gasteiger partial charge is 0.394 e. The molecule has 1 aromatic heterocycles. The summed E-state index contributed by atoms with van der Waals surface area (Å²) in [5.74, 6) is 1.00. The maximum absolute atomic E-state index is 6.06. The van der Waals surface area contributed by atoms with E-state index in [9.17, 15) is 0 Å². The van der Waals surface area contributed by atoms with Crippen molar-refractivity contribution in [1.82, 2.24) is 9.78 Å². The molecule has 0 amide bonds. The summed E-state index contributed by atoms with van der Waals surface area (Å²) in [5, 5.41) is 7.95. The lowest BCUT2D eigenvalue weighted by Gasteiger charge is -2.41. The van der Waals surface area contributed by atoms with Crippen molar-refractivity contribution in [3.63, 3.8) is 0 Å². The van der Waals surface area contributed by atoms with Crippen LogP contribution in [0.1, 0.15) is 45.2 Å². The van der Waals surface area contributed by atoms with Crippen molar-refractivity contribution in [2.75, 3.05) is 17.6 Å². The summed E-state index contributed by atoms with van der Waals surface area (Å²) in [7, 11) is 0. The third-order valence-corrected chi connectivity index (χ3v) is 4.27. The minimum Gasteiger partial charge on any atom is -0.394 e. The SMILES string of the molecule is CCn1nc(C)c(N)c1NCC1(CC)CCC1. The van der Waals surface area contributed by atoms with Crippen molar-refractivity contribution in [1.29, 1.82) is 0 Å². The first-order chi connectivity index (χ1) is 8.12. The number of aryl methyl sites for hydroxylation is 2. The van der Waals surface area contributed by atoms with Gasteiger partial charge in [-0.3, -0.25) is 0 Å². The van der Waals surface area contributed by atoms with Gasteiger partial charge in [0.25, 0.3) is 0 Å². The number of anilines is 2. The summed E-state index contributed by atoms with van der Waals surface area (Å²) >= 11 is 0. The molecule has 4 heteroatoms.